The second kappa shape index (κ2) is 13.3. The number of aryl methyl sites for hydroxylation is 1. The van der Waals surface area contributed by atoms with E-state index in [1.165, 1.54) is 18.4 Å². The van der Waals surface area contributed by atoms with Crippen molar-refractivity contribution < 1.29 is 14.7 Å². The van der Waals surface area contributed by atoms with Crippen molar-refractivity contribution in [1.82, 2.24) is 5.32 Å². The number of hydrogen-bond donors (Lipinski definition) is 3. The molecular formula is C21H34N2O3. The second-order valence-corrected chi connectivity index (χ2v) is 6.95. The molecule has 1 aromatic carbocycles. The Morgan fingerprint density at radius 1 is 1.08 bits per heavy atom. The fourth-order valence-electron chi connectivity index (χ4n) is 3.03. The summed E-state index contributed by atoms with van der Waals surface area (Å²) < 4.78 is 0. The van der Waals surface area contributed by atoms with E-state index in [2.05, 4.69) is 12.2 Å². The predicted octanol–water partition coefficient (Wildman–Crippen LogP) is 3.09. The monoisotopic (exact) mass is 362 g/mol. The number of primary amides is 1. The van der Waals surface area contributed by atoms with Crippen molar-refractivity contribution in [3.05, 3.63) is 35.9 Å². The van der Waals surface area contributed by atoms with E-state index in [0.717, 1.165) is 32.1 Å². The summed E-state index contributed by atoms with van der Waals surface area (Å²) in [6.07, 6.45) is 7.13. The molecule has 4 N–H and O–H groups in total. The second-order valence-electron chi connectivity index (χ2n) is 6.95. The van der Waals surface area contributed by atoms with Crippen molar-refractivity contribution in [3.8, 4) is 0 Å². The molecule has 2 atom stereocenters. The molecule has 1 unspecified atom stereocenters. The van der Waals surface area contributed by atoms with Crippen LogP contribution in [0.15, 0.2) is 30.3 Å². The summed E-state index contributed by atoms with van der Waals surface area (Å²) in [5.74, 6) is -0.629. The number of aliphatic hydroxyl groups excluding tert-OH is 1. The van der Waals surface area contributed by atoms with Crippen LogP contribution in [0.1, 0.15) is 70.3 Å². The van der Waals surface area contributed by atoms with Crippen LogP contribution in [0.4, 0.5) is 0 Å². The lowest BCUT2D eigenvalue weighted by Gasteiger charge is -2.23. The number of aliphatic hydroxyl groups is 1. The van der Waals surface area contributed by atoms with Gasteiger partial charge in [-0.15, -0.1) is 0 Å². The summed E-state index contributed by atoms with van der Waals surface area (Å²) in [6.45, 7) is 2.15. The highest BCUT2D eigenvalue weighted by atomic mass is 16.3. The summed E-state index contributed by atoms with van der Waals surface area (Å²) in [5.41, 5.74) is 6.49. The minimum absolute atomic E-state index is 0.0337. The van der Waals surface area contributed by atoms with Crippen LogP contribution in [0.2, 0.25) is 0 Å². The molecule has 0 saturated carbocycles. The Labute approximate surface area is 157 Å². The zero-order valence-corrected chi connectivity index (χ0v) is 16.0. The highest BCUT2D eigenvalue weighted by molar-refractivity contribution is 5.78. The van der Waals surface area contributed by atoms with Gasteiger partial charge in [0.1, 0.15) is 0 Å². The molecule has 1 rings (SSSR count). The maximum Gasteiger partial charge on any atom is 0.220 e. The average Bonchev–Trinajstić information content (AvgIpc) is 2.61. The molecule has 0 fully saturated rings. The number of amides is 2. The van der Waals surface area contributed by atoms with Crippen LogP contribution in [0, 0.1) is 0 Å². The van der Waals surface area contributed by atoms with Crippen molar-refractivity contribution in [1.29, 1.82) is 0 Å². The Kier molecular flexibility index (Phi) is 11.4. The third-order valence-electron chi connectivity index (χ3n) is 4.55. The number of carbonyl (C=O) groups is 2. The molecule has 2 amide bonds. The molecule has 5 heteroatoms. The highest BCUT2D eigenvalue weighted by Crippen LogP contribution is 2.12. The minimum atomic E-state index is -0.768. The number of carbonyl (C=O) groups excluding carboxylic acids is 2. The van der Waals surface area contributed by atoms with E-state index in [9.17, 15) is 14.7 Å². The average molecular weight is 363 g/mol. The van der Waals surface area contributed by atoms with Gasteiger partial charge in [0, 0.05) is 12.8 Å². The molecule has 0 heterocycles. The number of nitrogens with one attached hydrogen (secondary N) is 1. The first-order valence-corrected chi connectivity index (χ1v) is 9.82. The molecule has 0 aliphatic rings. The van der Waals surface area contributed by atoms with Crippen molar-refractivity contribution >= 4 is 11.8 Å². The smallest absolute Gasteiger partial charge is 0.220 e. The predicted molar refractivity (Wildman–Crippen MR) is 105 cm³/mol. The quantitative estimate of drug-likeness (QED) is 0.444. The topological polar surface area (TPSA) is 92.4 Å². The summed E-state index contributed by atoms with van der Waals surface area (Å²) >= 11 is 0. The van der Waals surface area contributed by atoms with Gasteiger partial charge in [0.15, 0.2) is 0 Å². The first kappa shape index (κ1) is 22.2. The fraction of sp³-hybridized carbons (Fsp3) is 0.619. The van der Waals surface area contributed by atoms with Crippen LogP contribution in [-0.4, -0.2) is 29.1 Å². The van der Waals surface area contributed by atoms with Gasteiger partial charge < -0.3 is 16.2 Å². The van der Waals surface area contributed by atoms with Gasteiger partial charge in [-0.3, -0.25) is 9.59 Å². The Hall–Kier alpha value is -1.88. The Morgan fingerprint density at radius 2 is 1.77 bits per heavy atom. The van der Waals surface area contributed by atoms with Gasteiger partial charge in [0.25, 0.3) is 0 Å². The zero-order chi connectivity index (χ0) is 19.2. The standard InChI is InChI=1S/C21H34N2O3/c1-2-3-4-5-9-15-21(26)23-18(16-20(22)25)19(24)14-10-13-17-11-7-6-8-12-17/h6-8,11-12,18-19,24H,2-5,9-10,13-16H2,1H3,(H2,22,25)(H,23,26)/t18?,19-/m1/s1. The van der Waals surface area contributed by atoms with Crippen LogP contribution in [0.5, 0.6) is 0 Å². The van der Waals surface area contributed by atoms with Crippen LogP contribution in [0.25, 0.3) is 0 Å². The maximum atomic E-state index is 12.1. The summed E-state index contributed by atoms with van der Waals surface area (Å²) in [7, 11) is 0. The molecule has 0 spiro atoms. The first-order valence-electron chi connectivity index (χ1n) is 9.82. The summed E-state index contributed by atoms with van der Waals surface area (Å²) in [4.78, 5) is 23.4. The molecule has 0 bridgehead atoms. The molecule has 0 aromatic heterocycles. The van der Waals surface area contributed by atoms with Gasteiger partial charge in [-0.05, 0) is 31.2 Å². The van der Waals surface area contributed by atoms with Gasteiger partial charge in [0.2, 0.25) is 11.8 Å². The zero-order valence-electron chi connectivity index (χ0n) is 16.0. The van der Waals surface area contributed by atoms with E-state index in [4.69, 9.17) is 5.73 Å². The van der Waals surface area contributed by atoms with Gasteiger partial charge >= 0.3 is 0 Å². The Morgan fingerprint density at radius 3 is 2.42 bits per heavy atom. The molecule has 146 valence electrons. The largest absolute Gasteiger partial charge is 0.391 e. The van der Waals surface area contributed by atoms with Gasteiger partial charge in [0.05, 0.1) is 12.1 Å². The SMILES string of the molecule is CCCCCCCC(=O)NC(CC(N)=O)[C@H](O)CCCc1ccccc1. The Bertz CT molecular complexity index is 519. The lowest BCUT2D eigenvalue weighted by Crippen LogP contribution is -2.45. The molecule has 5 nitrogen and oxygen atoms in total. The number of nitrogens with two attached hydrogens (primary N) is 1. The minimum Gasteiger partial charge on any atom is -0.391 e. The third-order valence-corrected chi connectivity index (χ3v) is 4.55. The molecule has 0 radical (unpaired) electrons. The number of unbranched alkanes of at least 4 members (excludes halogenated alkanes) is 4. The van der Waals surface area contributed by atoms with E-state index >= 15 is 0 Å². The van der Waals surface area contributed by atoms with E-state index in [1.807, 2.05) is 30.3 Å². The number of benzene rings is 1. The summed E-state index contributed by atoms with van der Waals surface area (Å²) in [5, 5.41) is 13.2. The molecule has 1 aromatic rings. The van der Waals surface area contributed by atoms with E-state index in [-0.39, 0.29) is 12.3 Å². The number of hydrogen-bond acceptors (Lipinski definition) is 3. The van der Waals surface area contributed by atoms with Crippen LogP contribution < -0.4 is 11.1 Å². The van der Waals surface area contributed by atoms with Crippen molar-refractivity contribution in [2.45, 2.75) is 83.3 Å². The van der Waals surface area contributed by atoms with Crippen LogP contribution in [-0.2, 0) is 16.0 Å². The fourth-order valence-corrected chi connectivity index (χ4v) is 3.03. The molecule has 0 aliphatic carbocycles. The van der Waals surface area contributed by atoms with Crippen LogP contribution in [0.3, 0.4) is 0 Å². The molecule has 26 heavy (non-hydrogen) atoms. The molecule has 0 aliphatic heterocycles. The van der Waals surface area contributed by atoms with E-state index < -0.39 is 18.1 Å². The van der Waals surface area contributed by atoms with E-state index in [0.29, 0.717) is 12.8 Å². The third kappa shape index (κ3) is 10.2. The Balaban J connectivity index is 2.38. The van der Waals surface area contributed by atoms with Gasteiger partial charge in [-0.1, -0.05) is 62.9 Å². The molecular weight excluding hydrogens is 328 g/mol. The van der Waals surface area contributed by atoms with Crippen molar-refractivity contribution in [2.24, 2.45) is 5.73 Å². The normalized spacial score (nSPS) is 13.2. The van der Waals surface area contributed by atoms with Gasteiger partial charge in [-0.2, -0.15) is 0 Å². The lowest BCUT2D eigenvalue weighted by atomic mass is 9.99. The first-order chi connectivity index (χ1) is 12.5. The summed E-state index contributed by atoms with van der Waals surface area (Å²) in [6, 6.07) is 9.44. The van der Waals surface area contributed by atoms with E-state index in [1.54, 1.807) is 0 Å². The lowest BCUT2D eigenvalue weighted by molar-refractivity contribution is -0.124. The number of rotatable bonds is 14. The van der Waals surface area contributed by atoms with Crippen LogP contribution >= 0.6 is 0 Å². The van der Waals surface area contributed by atoms with Crippen molar-refractivity contribution in [2.75, 3.05) is 0 Å². The van der Waals surface area contributed by atoms with Gasteiger partial charge in [-0.25, -0.2) is 0 Å². The maximum absolute atomic E-state index is 12.1. The highest BCUT2D eigenvalue weighted by Gasteiger charge is 2.22. The molecule has 0 saturated heterocycles. The van der Waals surface area contributed by atoms with Crippen molar-refractivity contribution in [3.63, 3.8) is 0 Å².